The lowest BCUT2D eigenvalue weighted by molar-refractivity contribution is -0.119. The van der Waals surface area contributed by atoms with E-state index in [-0.39, 0.29) is 5.91 Å². The number of benzene rings is 1. The maximum absolute atomic E-state index is 11.4. The van der Waals surface area contributed by atoms with Gasteiger partial charge in [0, 0.05) is 37.8 Å². The first-order valence-corrected chi connectivity index (χ1v) is 8.58. The van der Waals surface area contributed by atoms with Gasteiger partial charge in [0.25, 0.3) is 0 Å². The number of amides is 1. The van der Waals surface area contributed by atoms with E-state index in [1.807, 2.05) is 12.3 Å². The molecule has 1 amide bonds. The van der Waals surface area contributed by atoms with E-state index in [0.29, 0.717) is 18.4 Å². The lowest BCUT2D eigenvalue weighted by Crippen LogP contribution is -2.28. The quantitative estimate of drug-likeness (QED) is 0.854. The molecule has 4 heteroatoms. The highest BCUT2D eigenvalue weighted by molar-refractivity contribution is 5.78. The number of nitrogens with one attached hydrogen (secondary N) is 1. The molecule has 3 rings (SSSR count). The standard InChI is InChI=1S/C19H25N3O/c1-2-15(12-17-8-9-19(23)21-17)13-18-20-10-11-22(18)14-16-6-4-3-5-7-16/h3-7,10-11,15,17H,2,8-9,12-14H2,1H3,(H,21,23). The van der Waals surface area contributed by atoms with Crippen LogP contribution >= 0.6 is 0 Å². The van der Waals surface area contributed by atoms with Gasteiger partial charge in [0.1, 0.15) is 5.82 Å². The van der Waals surface area contributed by atoms with Crippen molar-refractivity contribution < 1.29 is 4.79 Å². The van der Waals surface area contributed by atoms with Crippen LogP contribution < -0.4 is 5.32 Å². The normalized spacial score (nSPS) is 18.8. The van der Waals surface area contributed by atoms with E-state index in [4.69, 9.17) is 0 Å². The summed E-state index contributed by atoms with van der Waals surface area (Å²) in [4.78, 5) is 15.9. The van der Waals surface area contributed by atoms with Crippen molar-refractivity contribution >= 4 is 5.91 Å². The Balaban J connectivity index is 1.62. The number of hydrogen-bond acceptors (Lipinski definition) is 2. The highest BCUT2D eigenvalue weighted by Gasteiger charge is 2.24. The van der Waals surface area contributed by atoms with Gasteiger partial charge in [0.15, 0.2) is 0 Å². The SMILES string of the molecule is CCC(Cc1nccn1Cc1ccccc1)CC1CCC(=O)N1. The maximum atomic E-state index is 11.4. The molecule has 23 heavy (non-hydrogen) atoms. The summed E-state index contributed by atoms with van der Waals surface area (Å²) in [6.07, 6.45) is 8.76. The van der Waals surface area contributed by atoms with Crippen LogP contribution in [0, 0.1) is 5.92 Å². The Morgan fingerprint density at radius 1 is 1.35 bits per heavy atom. The van der Waals surface area contributed by atoms with E-state index in [1.165, 1.54) is 5.56 Å². The highest BCUT2D eigenvalue weighted by Crippen LogP contribution is 2.22. The van der Waals surface area contributed by atoms with Gasteiger partial charge in [-0.15, -0.1) is 0 Å². The highest BCUT2D eigenvalue weighted by atomic mass is 16.1. The zero-order valence-electron chi connectivity index (χ0n) is 13.7. The molecule has 1 aromatic carbocycles. The van der Waals surface area contributed by atoms with Gasteiger partial charge in [0.05, 0.1) is 0 Å². The number of hydrogen-bond donors (Lipinski definition) is 1. The van der Waals surface area contributed by atoms with Crippen molar-refractivity contribution in [1.29, 1.82) is 0 Å². The van der Waals surface area contributed by atoms with Crippen molar-refractivity contribution in [2.75, 3.05) is 0 Å². The van der Waals surface area contributed by atoms with Crippen molar-refractivity contribution in [3.63, 3.8) is 0 Å². The maximum Gasteiger partial charge on any atom is 0.220 e. The third-order valence-corrected chi connectivity index (χ3v) is 4.75. The van der Waals surface area contributed by atoms with Gasteiger partial charge in [-0.3, -0.25) is 4.79 Å². The summed E-state index contributed by atoms with van der Waals surface area (Å²) in [7, 11) is 0. The van der Waals surface area contributed by atoms with E-state index in [2.05, 4.69) is 52.3 Å². The van der Waals surface area contributed by atoms with Crippen LogP contribution in [0.25, 0.3) is 0 Å². The lowest BCUT2D eigenvalue weighted by atomic mass is 9.93. The van der Waals surface area contributed by atoms with Crippen molar-refractivity contribution in [2.24, 2.45) is 5.92 Å². The van der Waals surface area contributed by atoms with Crippen molar-refractivity contribution in [1.82, 2.24) is 14.9 Å². The molecule has 0 saturated carbocycles. The molecule has 0 spiro atoms. The minimum atomic E-state index is 0.204. The minimum absolute atomic E-state index is 0.204. The Morgan fingerprint density at radius 2 is 2.17 bits per heavy atom. The van der Waals surface area contributed by atoms with Crippen molar-refractivity contribution in [3.05, 3.63) is 54.1 Å². The smallest absolute Gasteiger partial charge is 0.220 e. The summed E-state index contributed by atoms with van der Waals surface area (Å²) in [5.74, 6) is 1.91. The molecule has 2 aromatic rings. The van der Waals surface area contributed by atoms with Gasteiger partial charge in [0.2, 0.25) is 5.91 Å². The summed E-state index contributed by atoms with van der Waals surface area (Å²) in [5.41, 5.74) is 1.29. The third-order valence-electron chi connectivity index (χ3n) is 4.75. The Labute approximate surface area is 137 Å². The summed E-state index contributed by atoms with van der Waals surface area (Å²) in [6, 6.07) is 10.8. The Hall–Kier alpha value is -2.10. The van der Waals surface area contributed by atoms with Gasteiger partial charge < -0.3 is 9.88 Å². The lowest BCUT2D eigenvalue weighted by Gasteiger charge is -2.19. The first-order chi connectivity index (χ1) is 11.2. The van der Waals surface area contributed by atoms with E-state index < -0.39 is 0 Å². The monoisotopic (exact) mass is 311 g/mol. The van der Waals surface area contributed by atoms with Crippen molar-refractivity contribution in [2.45, 2.75) is 51.6 Å². The predicted octanol–water partition coefficient (Wildman–Crippen LogP) is 3.17. The summed E-state index contributed by atoms with van der Waals surface area (Å²) in [6.45, 7) is 3.10. The zero-order valence-corrected chi connectivity index (χ0v) is 13.7. The third kappa shape index (κ3) is 4.21. The van der Waals surface area contributed by atoms with Gasteiger partial charge in [-0.2, -0.15) is 0 Å². The average molecular weight is 311 g/mol. The molecule has 1 aliphatic rings. The first-order valence-electron chi connectivity index (χ1n) is 8.58. The molecule has 4 nitrogen and oxygen atoms in total. The second kappa shape index (κ2) is 7.44. The summed E-state index contributed by atoms with van der Waals surface area (Å²) >= 11 is 0. The first kappa shape index (κ1) is 15.8. The van der Waals surface area contributed by atoms with E-state index in [0.717, 1.165) is 38.1 Å². The Kier molecular flexibility index (Phi) is 5.11. The molecule has 1 aliphatic heterocycles. The molecule has 122 valence electrons. The van der Waals surface area contributed by atoms with Gasteiger partial charge in [-0.05, 0) is 24.3 Å². The molecule has 0 aliphatic carbocycles. The molecule has 2 unspecified atom stereocenters. The van der Waals surface area contributed by atoms with Crippen LogP contribution in [-0.2, 0) is 17.8 Å². The molecular weight excluding hydrogens is 286 g/mol. The van der Waals surface area contributed by atoms with Gasteiger partial charge >= 0.3 is 0 Å². The van der Waals surface area contributed by atoms with Crippen LogP contribution in [0.3, 0.4) is 0 Å². The fourth-order valence-corrected chi connectivity index (χ4v) is 3.36. The van der Waals surface area contributed by atoms with Crippen LogP contribution in [0.4, 0.5) is 0 Å². The van der Waals surface area contributed by atoms with E-state index >= 15 is 0 Å². The number of nitrogens with zero attached hydrogens (tertiary/aromatic N) is 2. The molecule has 0 radical (unpaired) electrons. The zero-order chi connectivity index (χ0) is 16.1. The summed E-state index contributed by atoms with van der Waals surface area (Å²) in [5, 5.41) is 3.09. The molecular formula is C19H25N3O. The number of carbonyl (C=O) groups excluding carboxylic acids is 1. The van der Waals surface area contributed by atoms with Crippen LogP contribution in [0.15, 0.2) is 42.7 Å². The van der Waals surface area contributed by atoms with Gasteiger partial charge in [-0.1, -0.05) is 43.7 Å². The molecule has 0 bridgehead atoms. The average Bonchev–Trinajstić information content (AvgIpc) is 3.17. The second-order valence-corrected chi connectivity index (χ2v) is 6.47. The molecule has 1 fully saturated rings. The number of aromatic nitrogens is 2. The molecule has 1 saturated heterocycles. The molecule has 1 aromatic heterocycles. The van der Waals surface area contributed by atoms with Crippen LogP contribution in [-0.4, -0.2) is 21.5 Å². The minimum Gasteiger partial charge on any atom is -0.353 e. The van der Waals surface area contributed by atoms with Gasteiger partial charge in [-0.25, -0.2) is 4.98 Å². The second-order valence-electron chi connectivity index (χ2n) is 6.47. The number of carbonyl (C=O) groups is 1. The predicted molar refractivity (Wildman–Crippen MR) is 91.0 cm³/mol. The Morgan fingerprint density at radius 3 is 2.87 bits per heavy atom. The number of rotatable bonds is 7. The van der Waals surface area contributed by atoms with Crippen molar-refractivity contribution in [3.8, 4) is 0 Å². The fourth-order valence-electron chi connectivity index (χ4n) is 3.36. The summed E-state index contributed by atoms with van der Waals surface area (Å²) < 4.78 is 2.24. The van der Waals surface area contributed by atoms with E-state index in [1.54, 1.807) is 0 Å². The topological polar surface area (TPSA) is 46.9 Å². The molecule has 1 N–H and O–H groups in total. The van der Waals surface area contributed by atoms with Crippen LogP contribution in [0.2, 0.25) is 0 Å². The van der Waals surface area contributed by atoms with Crippen LogP contribution in [0.1, 0.15) is 44.0 Å². The van der Waals surface area contributed by atoms with Crippen LogP contribution in [0.5, 0.6) is 0 Å². The fraction of sp³-hybridized carbons (Fsp3) is 0.474. The molecule has 2 atom stereocenters. The largest absolute Gasteiger partial charge is 0.353 e. The number of imidazole rings is 1. The van der Waals surface area contributed by atoms with E-state index in [9.17, 15) is 4.79 Å². The Bertz CT molecular complexity index is 635. The molecule has 2 heterocycles.